The Balaban J connectivity index is 1.70. The number of hydrogen-bond acceptors (Lipinski definition) is 5. The number of carbonyl (C=O) groups excluding carboxylic acids is 1. The van der Waals surface area contributed by atoms with Gasteiger partial charge in [0.05, 0.1) is 0 Å². The molecule has 138 valence electrons. The van der Waals surface area contributed by atoms with Crippen LogP contribution in [-0.2, 0) is 6.61 Å². The Kier molecular flexibility index (Phi) is 5.28. The van der Waals surface area contributed by atoms with E-state index in [0.29, 0.717) is 16.5 Å². The standard InChI is InChI=1S/C17H15F2IN2O4/c1-10-8-17(24,16(18)19)22(21-10)15(23)14-7-6-13(26-14)9-25-12-4-2-11(20)3-5-12/h2-7,16,24H,8-9H2,1H3/t17-/m1/s1. The fourth-order valence-electron chi connectivity index (χ4n) is 2.49. The van der Waals surface area contributed by atoms with Crippen molar-refractivity contribution in [3.05, 3.63) is 51.5 Å². The Hall–Kier alpha value is -2.01. The molecule has 26 heavy (non-hydrogen) atoms. The Morgan fingerprint density at radius 3 is 2.73 bits per heavy atom. The maximum Gasteiger partial charge on any atom is 0.312 e. The molecule has 6 nitrogen and oxygen atoms in total. The van der Waals surface area contributed by atoms with Gasteiger partial charge in [0.2, 0.25) is 5.72 Å². The fraction of sp³-hybridized carbons (Fsp3) is 0.294. The molecule has 0 saturated heterocycles. The predicted molar refractivity (Wildman–Crippen MR) is 97.0 cm³/mol. The van der Waals surface area contributed by atoms with E-state index in [1.807, 2.05) is 12.1 Å². The normalized spacial score (nSPS) is 19.8. The first kappa shape index (κ1) is 18.8. The summed E-state index contributed by atoms with van der Waals surface area (Å²) in [6.07, 6.45) is -3.58. The van der Waals surface area contributed by atoms with E-state index in [0.717, 1.165) is 3.57 Å². The molecule has 0 saturated carbocycles. The molecular formula is C17H15F2IN2O4. The summed E-state index contributed by atoms with van der Waals surface area (Å²) < 4.78 is 38.4. The monoisotopic (exact) mass is 476 g/mol. The van der Waals surface area contributed by atoms with Crippen LogP contribution < -0.4 is 4.74 Å². The highest BCUT2D eigenvalue weighted by molar-refractivity contribution is 14.1. The number of aliphatic hydroxyl groups is 1. The summed E-state index contributed by atoms with van der Waals surface area (Å²) in [5.74, 6) is -0.178. The Labute approximate surface area is 161 Å². The van der Waals surface area contributed by atoms with Crippen LogP contribution in [0.25, 0.3) is 0 Å². The van der Waals surface area contributed by atoms with Crippen molar-refractivity contribution in [2.45, 2.75) is 32.1 Å². The Morgan fingerprint density at radius 2 is 2.08 bits per heavy atom. The van der Waals surface area contributed by atoms with Crippen molar-refractivity contribution in [3.63, 3.8) is 0 Å². The zero-order valence-corrected chi connectivity index (χ0v) is 15.8. The third-order valence-electron chi connectivity index (χ3n) is 3.76. The lowest BCUT2D eigenvalue weighted by molar-refractivity contribution is -0.164. The molecule has 1 N–H and O–H groups in total. The first-order chi connectivity index (χ1) is 12.3. The number of carbonyl (C=O) groups is 1. The minimum Gasteiger partial charge on any atom is -0.486 e. The molecule has 0 aliphatic carbocycles. The summed E-state index contributed by atoms with van der Waals surface area (Å²) in [7, 11) is 0. The van der Waals surface area contributed by atoms with Crippen molar-refractivity contribution in [1.82, 2.24) is 5.01 Å². The number of furan rings is 1. The third kappa shape index (κ3) is 3.73. The van der Waals surface area contributed by atoms with Crippen LogP contribution in [0.4, 0.5) is 8.78 Å². The topological polar surface area (TPSA) is 75.3 Å². The van der Waals surface area contributed by atoms with E-state index >= 15 is 0 Å². The number of nitrogens with zero attached hydrogens (tertiary/aromatic N) is 2. The van der Waals surface area contributed by atoms with E-state index in [4.69, 9.17) is 9.15 Å². The van der Waals surface area contributed by atoms with Crippen LogP contribution in [0.15, 0.2) is 45.9 Å². The highest BCUT2D eigenvalue weighted by Crippen LogP contribution is 2.32. The van der Waals surface area contributed by atoms with Gasteiger partial charge >= 0.3 is 5.91 Å². The maximum atomic E-state index is 13.2. The van der Waals surface area contributed by atoms with Gasteiger partial charge in [-0.1, -0.05) is 0 Å². The average molecular weight is 476 g/mol. The molecule has 1 aromatic heterocycles. The SMILES string of the molecule is CC1=NN(C(=O)c2ccc(COc3ccc(I)cc3)o2)[C@](O)(C(F)F)C1. The Bertz CT molecular complexity index is 838. The first-order valence-corrected chi connectivity index (χ1v) is 8.74. The molecule has 2 aromatic rings. The van der Waals surface area contributed by atoms with Gasteiger partial charge in [-0.2, -0.15) is 10.1 Å². The second-order valence-electron chi connectivity index (χ2n) is 5.82. The van der Waals surface area contributed by atoms with E-state index in [9.17, 15) is 18.7 Å². The van der Waals surface area contributed by atoms with Crippen molar-refractivity contribution >= 4 is 34.2 Å². The van der Waals surface area contributed by atoms with E-state index in [1.165, 1.54) is 19.1 Å². The lowest BCUT2D eigenvalue weighted by Gasteiger charge is -2.29. The van der Waals surface area contributed by atoms with E-state index < -0.39 is 24.5 Å². The lowest BCUT2D eigenvalue weighted by atomic mass is 10.1. The van der Waals surface area contributed by atoms with Crippen LogP contribution in [-0.4, -0.2) is 33.9 Å². The van der Waals surface area contributed by atoms with Gasteiger partial charge < -0.3 is 14.3 Å². The fourth-order valence-corrected chi connectivity index (χ4v) is 2.85. The Morgan fingerprint density at radius 1 is 1.38 bits per heavy atom. The second kappa shape index (κ2) is 7.31. The quantitative estimate of drug-likeness (QED) is 0.669. The van der Waals surface area contributed by atoms with Gasteiger partial charge in [-0.3, -0.25) is 4.79 Å². The average Bonchev–Trinajstić information content (AvgIpc) is 3.19. The zero-order chi connectivity index (χ0) is 18.9. The molecule has 2 heterocycles. The van der Waals surface area contributed by atoms with Crippen molar-refractivity contribution < 1.29 is 27.8 Å². The molecule has 3 rings (SSSR count). The van der Waals surface area contributed by atoms with E-state index in [-0.39, 0.29) is 18.1 Å². The molecule has 1 aromatic carbocycles. The molecule has 0 radical (unpaired) electrons. The summed E-state index contributed by atoms with van der Waals surface area (Å²) in [6.45, 7) is 1.53. The number of benzene rings is 1. The number of amides is 1. The van der Waals surface area contributed by atoms with Crippen molar-refractivity contribution in [1.29, 1.82) is 0 Å². The number of halogens is 3. The largest absolute Gasteiger partial charge is 0.486 e. The summed E-state index contributed by atoms with van der Waals surface area (Å²) in [5, 5.41) is 14.2. The predicted octanol–water partition coefficient (Wildman–Crippen LogP) is 3.64. The van der Waals surface area contributed by atoms with Crippen LogP contribution in [0.1, 0.15) is 29.7 Å². The van der Waals surface area contributed by atoms with Crippen LogP contribution in [0, 0.1) is 3.57 Å². The molecule has 0 unspecified atom stereocenters. The smallest absolute Gasteiger partial charge is 0.312 e. The number of ether oxygens (including phenoxy) is 1. The highest BCUT2D eigenvalue weighted by Gasteiger charge is 2.51. The van der Waals surface area contributed by atoms with E-state index in [2.05, 4.69) is 27.7 Å². The summed E-state index contributed by atoms with van der Waals surface area (Å²) >= 11 is 2.17. The van der Waals surface area contributed by atoms with Gasteiger partial charge in [0, 0.05) is 15.7 Å². The van der Waals surface area contributed by atoms with Crippen molar-refractivity contribution in [3.8, 4) is 5.75 Å². The first-order valence-electron chi connectivity index (χ1n) is 7.66. The van der Waals surface area contributed by atoms with Crippen LogP contribution in [0.3, 0.4) is 0 Å². The van der Waals surface area contributed by atoms with Crippen molar-refractivity contribution in [2.75, 3.05) is 0 Å². The molecule has 1 amide bonds. The molecular weight excluding hydrogens is 461 g/mol. The third-order valence-corrected chi connectivity index (χ3v) is 4.48. The van der Waals surface area contributed by atoms with Gasteiger partial charge in [0.15, 0.2) is 5.76 Å². The van der Waals surface area contributed by atoms with Crippen molar-refractivity contribution in [2.24, 2.45) is 5.10 Å². The number of rotatable bonds is 5. The summed E-state index contributed by atoms with van der Waals surface area (Å²) in [6, 6.07) is 10.2. The molecule has 9 heteroatoms. The minimum absolute atomic E-state index is 0.0648. The molecule has 0 bridgehead atoms. The molecule has 0 spiro atoms. The molecule has 0 fully saturated rings. The second-order valence-corrected chi connectivity index (χ2v) is 7.06. The maximum absolute atomic E-state index is 13.2. The van der Waals surface area contributed by atoms with Gasteiger partial charge in [-0.15, -0.1) is 0 Å². The van der Waals surface area contributed by atoms with Gasteiger partial charge in [0.25, 0.3) is 6.43 Å². The van der Waals surface area contributed by atoms with Gasteiger partial charge in [-0.25, -0.2) is 8.78 Å². The zero-order valence-electron chi connectivity index (χ0n) is 13.7. The van der Waals surface area contributed by atoms with Crippen LogP contribution in [0.2, 0.25) is 0 Å². The number of hydrogen-bond donors (Lipinski definition) is 1. The van der Waals surface area contributed by atoms with Gasteiger partial charge in [0.1, 0.15) is 18.1 Å². The lowest BCUT2D eigenvalue weighted by Crippen LogP contribution is -2.51. The van der Waals surface area contributed by atoms with Crippen LogP contribution >= 0.6 is 22.6 Å². The highest BCUT2D eigenvalue weighted by atomic mass is 127. The minimum atomic E-state index is -3.16. The molecule has 1 aliphatic rings. The van der Waals surface area contributed by atoms with Gasteiger partial charge in [-0.05, 0) is 65.9 Å². The summed E-state index contributed by atoms with van der Waals surface area (Å²) in [4.78, 5) is 12.4. The number of hydrazone groups is 1. The summed E-state index contributed by atoms with van der Waals surface area (Å²) in [5.41, 5.74) is -2.43. The number of alkyl halides is 2. The molecule has 1 atom stereocenters. The van der Waals surface area contributed by atoms with E-state index in [1.54, 1.807) is 12.1 Å². The van der Waals surface area contributed by atoms with Crippen LogP contribution in [0.5, 0.6) is 5.75 Å². The molecule has 1 aliphatic heterocycles.